The molecule has 9 nitrogen and oxygen atoms in total. The Kier molecular flexibility index (Phi) is 38.0. The summed E-state index contributed by atoms with van der Waals surface area (Å²) in [6, 6.07) is -0.717. The second-order valence-electron chi connectivity index (χ2n) is 17.3. The van der Waals surface area contributed by atoms with Crippen molar-refractivity contribution in [2.24, 2.45) is 0 Å². The quantitative estimate of drug-likeness (QED) is 0.0263. The van der Waals surface area contributed by atoms with Gasteiger partial charge in [0, 0.05) is 6.42 Å². The van der Waals surface area contributed by atoms with Gasteiger partial charge in [-0.05, 0) is 51.4 Å². The zero-order chi connectivity index (χ0) is 43.0. The lowest BCUT2D eigenvalue weighted by Crippen LogP contribution is -2.60. The summed E-state index contributed by atoms with van der Waals surface area (Å²) >= 11 is 0. The minimum atomic E-state index is -1.55. The molecule has 1 amide bonds. The molecular weight excluding hydrogens is 743 g/mol. The highest BCUT2D eigenvalue weighted by atomic mass is 16.7. The second kappa shape index (κ2) is 40.5. The topological polar surface area (TPSA) is 149 Å². The first-order valence-electron chi connectivity index (χ1n) is 24.7. The van der Waals surface area contributed by atoms with Crippen LogP contribution in [0.2, 0.25) is 0 Å². The van der Waals surface area contributed by atoms with Crippen molar-refractivity contribution in [3.63, 3.8) is 0 Å². The number of carbonyl (C=O) groups excluding carboxylic acids is 1. The zero-order valence-corrected chi connectivity index (χ0v) is 38.0. The van der Waals surface area contributed by atoms with Crippen LogP contribution in [0.15, 0.2) is 36.5 Å². The Morgan fingerprint density at radius 3 is 1.47 bits per heavy atom. The summed E-state index contributed by atoms with van der Waals surface area (Å²) in [5.74, 6) is -0.149. The minimum Gasteiger partial charge on any atom is -0.394 e. The minimum absolute atomic E-state index is 0.139. The molecule has 1 fully saturated rings. The molecule has 1 heterocycles. The molecule has 0 aliphatic carbocycles. The molecule has 1 aliphatic heterocycles. The summed E-state index contributed by atoms with van der Waals surface area (Å²) in [5, 5.41) is 54.2. The number of rotatable bonds is 41. The normalized spacial score (nSPS) is 21.0. The average Bonchev–Trinajstić information content (AvgIpc) is 3.23. The summed E-state index contributed by atoms with van der Waals surface area (Å²) in [4.78, 5) is 13.0. The number of amides is 1. The Bertz CT molecular complexity index is 1020. The van der Waals surface area contributed by atoms with Crippen LogP contribution in [0, 0.1) is 0 Å². The smallest absolute Gasteiger partial charge is 0.220 e. The SMILES string of the molecule is CCCCCCC/C=C\C/C=C\C/C=C\CCCCCCCCCCCCCCC(=O)NC(COC1OC(CO)C(O)C(O)C1O)C(O)CCCCCCCCCCC. The summed E-state index contributed by atoms with van der Waals surface area (Å²) in [6.45, 7) is 3.79. The Labute approximate surface area is 361 Å². The number of aliphatic hydroxyl groups excluding tert-OH is 5. The first-order valence-corrected chi connectivity index (χ1v) is 24.7. The predicted octanol–water partition coefficient (Wildman–Crippen LogP) is 10.8. The van der Waals surface area contributed by atoms with E-state index in [1.54, 1.807) is 0 Å². The molecule has 1 rings (SSSR count). The molecule has 1 saturated heterocycles. The van der Waals surface area contributed by atoms with Crippen LogP contribution in [0.25, 0.3) is 0 Å². The lowest BCUT2D eigenvalue weighted by molar-refractivity contribution is -0.302. The molecule has 0 aromatic heterocycles. The molecule has 6 N–H and O–H groups in total. The Morgan fingerprint density at radius 2 is 1.00 bits per heavy atom. The van der Waals surface area contributed by atoms with Gasteiger partial charge in [0.25, 0.3) is 0 Å². The van der Waals surface area contributed by atoms with Gasteiger partial charge in [-0.15, -0.1) is 0 Å². The van der Waals surface area contributed by atoms with Crippen LogP contribution in [0.1, 0.15) is 219 Å². The van der Waals surface area contributed by atoms with E-state index in [9.17, 15) is 30.3 Å². The van der Waals surface area contributed by atoms with Gasteiger partial charge in [-0.3, -0.25) is 4.79 Å². The number of ether oxygens (including phenoxy) is 2. The third-order valence-electron chi connectivity index (χ3n) is 11.7. The van der Waals surface area contributed by atoms with Crippen LogP contribution < -0.4 is 5.32 Å². The van der Waals surface area contributed by atoms with E-state index >= 15 is 0 Å². The Morgan fingerprint density at radius 1 is 0.576 bits per heavy atom. The molecule has 7 atom stereocenters. The molecule has 1 aliphatic rings. The van der Waals surface area contributed by atoms with Crippen LogP contribution in [0.3, 0.4) is 0 Å². The van der Waals surface area contributed by atoms with Crippen molar-refractivity contribution >= 4 is 5.91 Å². The van der Waals surface area contributed by atoms with Crippen LogP contribution in [-0.4, -0.2) is 87.5 Å². The molecule has 0 radical (unpaired) electrons. The molecule has 0 bridgehead atoms. The first kappa shape index (κ1) is 55.4. The fourth-order valence-corrected chi connectivity index (χ4v) is 7.76. The molecule has 0 aromatic carbocycles. The Balaban J connectivity index is 2.17. The third-order valence-corrected chi connectivity index (χ3v) is 11.7. The molecule has 59 heavy (non-hydrogen) atoms. The standard InChI is InChI=1S/C50H93NO8/c1-3-5-7-9-11-13-14-15-16-17-18-19-20-21-22-23-24-25-26-27-28-29-30-32-34-36-38-40-46(54)51-43(44(53)39-37-35-33-31-12-10-8-6-4-2)42-58-50-49(57)48(56)47(55)45(41-52)59-50/h14-15,17-18,20-21,43-45,47-50,52-53,55-57H,3-13,16,19,22-42H2,1-2H3,(H,51,54)/b15-14-,18-17-,21-20-. The van der Waals surface area contributed by atoms with E-state index in [2.05, 4.69) is 55.6 Å². The van der Waals surface area contributed by atoms with Gasteiger partial charge < -0.3 is 40.3 Å². The summed E-state index contributed by atoms with van der Waals surface area (Å²) < 4.78 is 11.2. The van der Waals surface area contributed by atoms with E-state index in [4.69, 9.17) is 9.47 Å². The van der Waals surface area contributed by atoms with Gasteiger partial charge in [-0.1, -0.05) is 198 Å². The molecule has 346 valence electrons. The van der Waals surface area contributed by atoms with E-state index in [1.807, 2.05) is 0 Å². The van der Waals surface area contributed by atoms with Crippen molar-refractivity contribution in [1.29, 1.82) is 0 Å². The van der Waals surface area contributed by atoms with Crippen LogP contribution in [-0.2, 0) is 14.3 Å². The highest BCUT2D eigenvalue weighted by Crippen LogP contribution is 2.23. The van der Waals surface area contributed by atoms with Gasteiger partial charge >= 0.3 is 0 Å². The van der Waals surface area contributed by atoms with E-state index in [0.717, 1.165) is 51.4 Å². The van der Waals surface area contributed by atoms with Gasteiger partial charge in [0.05, 0.1) is 25.4 Å². The van der Waals surface area contributed by atoms with Crippen molar-refractivity contribution in [3.05, 3.63) is 36.5 Å². The van der Waals surface area contributed by atoms with Crippen molar-refractivity contribution in [2.45, 2.75) is 262 Å². The highest BCUT2D eigenvalue weighted by molar-refractivity contribution is 5.76. The van der Waals surface area contributed by atoms with Gasteiger partial charge in [-0.25, -0.2) is 0 Å². The fourth-order valence-electron chi connectivity index (χ4n) is 7.76. The lowest BCUT2D eigenvalue weighted by atomic mass is 9.99. The lowest BCUT2D eigenvalue weighted by Gasteiger charge is -2.40. The first-order chi connectivity index (χ1) is 28.8. The van der Waals surface area contributed by atoms with Crippen molar-refractivity contribution < 1.29 is 39.8 Å². The highest BCUT2D eigenvalue weighted by Gasteiger charge is 2.44. The number of unbranched alkanes of at least 4 members (excludes halogenated alkanes) is 25. The largest absolute Gasteiger partial charge is 0.394 e. The van der Waals surface area contributed by atoms with Crippen LogP contribution >= 0.6 is 0 Å². The van der Waals surface area contributed by atoms with Crippen LogP contribution in [0.5, 0.6) is 0 Å². The van der Waals surface area contributed by atoms with E-state index < -0.39 is 49.5 Å². The average molecular weight is 836 g/mol. The van der Waals surface area contributed by atoms with E-state index in [1.165, 1.54) is 141 Å². The number of aliphatic hydroxyl groups is 5. The molecular formula is C50H93NO8. The number of carbonyl (C=O) groups is 1. The molecule has 7 unspecified atom stereocenters. The number of hydrogen-bond donors (Lipinski definition) is 6. The van der Waals surface area contributed by atoms with Crippen molar-refractivity contribution in [1.82, 2.24) is 5.32 Å². The fraction of sp³-hybridized carbons (Fsp3) is 0.860. The maximum Gasteiger partial charge on any atom is 0.220 e. The van der Waals surface area contributed by atoms with Crippen LogP contribution in [0.4, 0.5) is 0 Å². The van der Waals surface area contributed by atoms with Crippen molar-refractivity contribution in [3.8, 4) is 0 Å². The molecule has 9 heteroatoms. The second-order valence-corrected chi connectivity index (χ2v) is 17.3. The number of allylic oxidation sites excluding steroid dienone is 6. The van der Waals surface area contributed by atoms with E-state index in [0.29, 0.717) is 12.8 Å². The molecule has 0 spiro atoms. The van der Waals surface area contributed by atoms with Gasteiger partial charge in [0.1, 0.15) is 24.4 Å². The number of hydrogen-bond acceptors (Lipinski definition) is 8. The number of nitrogens with one attached hydrogen (secondary N) is 1. The summed E-state index contributed by atoms with van der Waals surface area (Å²) in [5.41, 5.74) is 0. The van der Waals surface area contributed by atoms with Gasteiger partial charge in [0.15, 0.2) is 6.29 Å². The maximum absolute atomic E-state index is 13.0. The van der Waals surface area contributed by atoms with Crippen molar-refractivity contribution in [2.75, 3.05) is 13.2 Å². The van der Waals surface area contributed by atoms with E-state index in [-0.39, 0.29) is 12.5 Å². The predicted molar refractivity (Wildman–Crippen MR) is 244 cm³/mol. The summed E-state index contributed by atoms with van der Waals surface area (Å²) in [6.07, 6.45) is 43.2. The zero-order valence-electron chi connectivity index (χ0n) is 38.0. The van der Waals surface area contributed by atoms with Gasteiger partial charge in [0.2, 0.25) is 5.91 Å². The van der Waals surface area contributed by atoms with Gasteiger partial charge in [-0.2, -0.15) is 0 Å². The monoisotopic (exact) mass is 836 g/mol. The maximum atomic E-state index is 13.0. The summed E-state index contributed by atoms with van der Waals surface area (Å²) in [7, 11) is 0. The third kappa shape index (κ3) is 31.0. The molecule has 0 aromatic rings. The molecule has 0 saturated carbocycles. The Hall–Kier alpha value is -1.59.